The van der Waals surface area contributed by atoms with Gasteiger partial charge in [0.15, 0.2) is 11.8 Å². The minimum absolute atomic E-state index is 0.147. The van der Waals surface area contributed by atoms with E-state index in [1.54, 1.807) is 30.3 Å². The molecule has 0 bridgehead atoms. The van der Waals surface area contributed by atoms with E-state index < -0.39 is 23.8 Å². The summed E-state index contributed by atoms with van der Waals surface area (Å²) < 4.78 is 39.7. The lowest BCUT2D eigenvalue weighted by Crippen LogP contribution is -2.54. The van der Waals surface area contributed by atoms with E-state index in [-0.39, 0.29) is 12.4 Å². The van der Waals surface area contributed by atoms with Crippen LogP contribution < -0.4 is 0 Å². The third kappa shape index (κ3) is 3.34. The first-order valence-corrected chi connectivity index (χ1v) is 6.46. The number of nitrogens with zero attached hydrogens (tertiary/aromatic N) is 3. The highest BCUT2D eigenvalue weighted by Crippen LogP contribution is 2.29. The van der Waals surface area contributed by atoms with Gasteiger partial charge in [0.05, 0.1) is 6.54 Å². The number of terminal acetylenes is 1. The fourth-order valence-corrected chi connectivity index (χ4v) is 2.08. The van der Waals surface area contributed by atoms with E-state index in [2.05, 4.69) is 20.9 Å². The molecule has 0 aliphatic carbocycles. The summed E-state index contributed by atoms with van der Waals surface area (Å²) in [5.74, 6) is 1.10. The maximum Gasteiger partial charge on any atom is 0.416 e. The molecule has 0 aromatic heterocycles. The highest BCUT2D eigenvalue weighted by Gasteiger charge is 2.50. The lowest BCUT2D eigenvalue weighted by Gasteiger charge is -2.31. The molecule has 1 heterocycles. The summed E-state index contributed by atoms with van der Waals surface area (Å²) >= 11 is 0. The van der Waals surface area contributed by atoms with Crippen LogP contribution in [0.1, 0.15) is 5.56 Å². The molecule has 1 atom stereocenters. The zero-order valence-corrected chi connectivity index (χ0v) is 12.0. The first-order chi connectivity index (χ1) is 10.9. The Morgan fingerprint density at radius 1 is 1.39 bits per heavy atom. The lowest BCUT2D eigenvalue weighted by molar-refractivity contribution is -0.139. The number of amides is 1. The minimum atomic E-state index is -4.78. The fourth-order valence-electron chi connectivity index (χ4n) is 2.08. The number of hydrogen-bond acceptors (Lipinski definition) is 4. The van der Waals surface area contributed by atoms with Crippen molar-refractivity contribution in [1.82, 2.24) is 4.90 Å². The first-order valence-electron chi connectivity index (χ1n) is 6.46. The van der Waals surface area contributed by atoms with Crippen LogP contribution in [0.5, 0.6) is 0 Å². The van der Waals surface area contributed by atoms with Crippen LogP contribution in [0.15, 0.2) is 40.5 Å². The number of oxime groups is 1. The summed E-state index contributed by atoms with van der Waals surface area (Å²) in [7, 11) is 1.05. The number of halogens is 3. The van der Waals surface area contributed by atoms with Crippen LogP contribution in [0.3, 0.4) is 0 Å². The van der Waals surface area contributed by atoms with Gasteiger partial charge in [0.1, 0.15) is 12.9 Å². The molecule has 1 aromatic rings. The second-order valence-electron chi connectivity index (χ2n) is 4.52. The Labute approximate surface area is 130 Å². The van der Waals surface area contributed by atoms with Crippen LogP contribution >= 0.6 is 0 Å². The number of rotatable bonds is 3. The molecule has 120 valence electrons. The van der Waals surface area contributed by atoms with Gasteiger partial charge in [-0.1, -0.05) is 41.4 Å². The van der Waals surface area contributed by atoms with Crippen molar-refractivity contribution >= 4 is 17.5 Å². The molecule has 1 aliphatic heterocycles. The van der Waals surface area contributed by atoms with Crippen LogP contribution in [0.25, 0.3) is 0 Å². The molecule has 0 spiro atoms. The summed E-state index contributed by atoms with van der Waals surface area (Å²) in [5.41, 5.74) is -0.503. The van der Waals surface area contributed by atoms with E-state index in [1.807, 2.05) is 0 Å². The van der Waals surface area contributed by atoms with Crippen molar-refractivity contribution in [2.24, 2.45) is 10.1 Å². The molecule has 0 fully saturated rings. The maximum atomic E-state index is 13.2. The van der Waals surface area contributed by atoms with Crippen LogP contribution in [0.2, 0.25) is 0 Å². The Kier molecular flexibility index (Phi) is 4.69. The Hall–Kier alpha value is -2.82. The van der Waals surface area contributed by atoms with Crippen molar-refractivity contribution in [2.45, 2.75) is 12.2 Å². The third-order valence-electron chi connectivity index (χ3n) is 3.01. The molecule has 1 unspecified atom stereocenters. The van der Waals surface area contributed by atoms with Gasteiger partial charge in [0, 0.05) is 5.56 Å². The summed E-state index contributed by atoms with van der Waals surface area (Å²) in [6.07, 6.45) is 0.427. The average Bonchev–Trinajstić information content (AvgIpc) is 2.51. The first kappa shape index (κ1) is 16.5. The summed E-state index contributed by atoms with van der Waals surface area (Å²) in [4.78, 5) is 21.4. The van der Waals surface area contributed by atoms with Crippen molar-refractivity contribution in [1.29, 1.82) is 0 Å². The fraction of sp³-hybridized carbons (Fsp3) is 0.267. The summed E-state index contributed by atoms with van der Waals surface area (Å²) in [6, 6.07) is 5.62. The minimum Gasteiger partial charge on any atom is -0.399 e. The van der Waals surface area contributed by atoms with E-state index in [0.29, 0.717) is 5.56 Å². The second kappa shape index (κ2) is 6.52. The molecular formula is C15H12F3N3O2. The molecule has 1 aromatic carbocycles. The van der Waals surface area contributed by atoms with Gasteiger partial charge >= 0.3 is 6.18 Å². The van der Waals surface area contributed by atoms with Gasteiger partial charge < -0.3 is 4.84 Å². The topological polar surface area (TPSA) is 54.3 Å². The molecule has 23 heavy (non-hydrogen) atoms. The number of carbonyl (C=O) groups excluding carboxylic acids is 1. The normalized spacial score (nSPS) is 20.2. The molecular weight excluding hydrogens is 311 g/mol. The monoisotopic (exact) mass is 323 g/mol. The van der Waals surface area contributed by atoms with Crippen molar-refractivity contribution in [3.05, 3.63) is 35.9 Å². The number of benzene rings is 1. The standard InChI is InChI=1S/C15H12F3N3O2/c1-3-9-21-13(10-7-5-4-6-8-10)19-12(15(16,17)18)11(14(21)22)20-23-2/h1,4-8,12H,9H2,2H3. The molecule has 0 saturated heterocycles. The van der Waals surface area contributed by atoms with Crippen molar-refractivity contribution in [3.8, 4) is 12.3 Å². The number of carbonyl (C=O) groups is 1. The maximum absolute atomic E-state index is 13.2. The lowest BCUT2D eigenvalue weighted by atomic mass is 10.1. The molecule has 1 amide bonds. The number of aliphatic imine (C=N–C) groups is 1. The van der Waals surface area contributed by atoms with Crippen molar-refractivity contribution in [3.63, 3.8) is 0 Å². The SMILES string of the molecule is C#CCN1C(=O)C(=NOC)C(C(F)(F)F)N=C1c1ccccc1. The second-order valence-corrected chi connectivity index (χ2v) is 4.52. The van der Waals surface area contributed by atoms with E-state index in [4.69, 9.17) is 6.42 Å². The van der Waals surface area contributed by atoms with Crippen LogP contribution in [0, 0.1) is 12.3 Å². The third-order valence-corrected chi connectivity index (χ3v) is 3.01. The average molecular weight is 323 g/mol. The quantitative estimate of drug-likeness (QED) is 0.630. The van der Waals surface area contributed by atoms with Gasteiger partial charge in [-0.15, -0.1) is 6.42 Å². The molecule has 0 saturated carbocycles. The molecule has 1 aliphatic rings. The van der Waals surface area contributed by atoms with Gasteiger partial charge in [-0.3, -0.25) is 9.69 Å². The van der Waals surface area contributed by atoms with E-state index in [0.717, 1.165) is 12.0 Å². The Morgan fingerprint density at radius 2 is 2.04 bits per heavy atom. The van der Waals surface area contributed by atoms with E-state index in [1.165, 1.54) is 0 Å². The molecule has 2 rings (SSSR count). The largest absolute Gasteiger partial charge is 0.416 e. The molecule has 5 nitrogen and oxygen atoms in total. The van der Waals surface area contributed by atoms with Crippen molar-refractivity contribution < 1.29 is 22.8 Å². The summed E-state index contributed by atoms with van der Waals surface area (Å²) in [5, 5.41) is 3.20. The molecule has 0 N–H and O–H groups in total. The van der Waals surface area contributed by atoms with Gasteiger partial charge in [-0.2, -0.15) is 13.2 Å². The Morgan fingerprint density at radius 3 is 2.57 bits per heavy atom. The Balaban J connectivity index is 2.63. The van der Waals surface area contributed by atoms with Gasteiger partial charge in [-0.05, 0) is 0 Å². The van der Waals surface area contributed by atoms with Crippen LogP contribution in [-0.2, 0) is 9.63 Å². The predicted octanol–water partition coefficient (Wildman–Crippen LogP) is 1.84. The zero-order chi connectivity index (χ0) is 17.0. The molecule has 8 heteroatoms. The van der Waals surface area contributed by atoms with Crippen molar-refractivity contribution in [2.75, 3.05) is 13.7 Å². The number of amidine groups is 1. The zero-order valence-electron chi connectivity index (χ0n) is 12.0. The van der Waals surface area contributed by atoms with E-state index in [9.17, 15) is 18.0 Å². The number of alkyl halides is 3. The van der Waals surface area contributed by atoms with Crippen LogP contribution in [-0.4, -0.2) is 48.2 Å². The smallest absolute Gasteiger partial charge is 0.399 e. The highest BCUT2D eigenvalue weighted by atomic mass is 19.4. The van der Waals surface area contributed by atoms with E-state index >= 15 is 0 Å². The van der Waals surface area contributed by atoms with Crippen LogP contribution in [0.4, 0.5) is 13.2 Å². The molecule has 0 radical (unpaired) electrons. The summed E-state index contributed by atoms with van der Waals surface area (Å²) in [6.45, 7) is -0.236. The number of hydrogen-bond donors (Lipinski definition) is 0. The predicted molar refractivity (Wildman–Crippen MR) is 77.8 cm³/mol. The van der Waals surface area contributed by atoms with Gasteiger partial charge in [-0.25, -0.2) is 4.99 Å². The highest BCUT2D eigenvalue weighted by molar-refractivity contribution is 6.45. The van der Waals surface area contributed by atoms with Gasteiger partial charge in [0.25, 0.3) is 5.91 Å². The van der Waals surface area contributed by atoms with Gasteiger partial charge in [0.2, 0.25) is 0 Å². The Bertz CT molecular complexity index is 690.